The van der Waals surface area contributed by atoms with Crippen molar-refractivity contribution in [2.24, 2.45) is 11.8 Å². The van der Waals surface area contributed by atoms with Crippen LogP contribution < -0.4 is 5.32 Å². The highest BCUT2D eigenvalue weighted by atomic mass is 16.1. The molecule has 0 amide bonds. The first-order valence-electron chi connectivity index (χ1n) is 4.40. The zero-order valence-electron chi connectivity index (χ0n) is 7.55. The molecule has 1 aliphatic rings. The van der Waals surface area contributed by atoms with Crippen LogP contribution >= 0.6 is 0 Å². The first-order valence-corrected chi connectivity index (χ1v) is 4.40. The van der Waals surface area contributed by atoms with Gasteiger partial charge in [-0.25, -0.2) is 0 Å². The van der Waals surface area contributed by atoms with Gasteiger partial charge in [-0.1, -0.05) is 20.8 Å². The summed E-state index contributed by atoms with van der Waals surface area (Å²) in [5.41, 5.74) is 0. The largest absolute Gasteiger partial charge is 0.307 e. The van der Waals surface area contributed by atoms with Gasteiger partial charge in [0.05, 0.1) is 6.04 Å². The number of carbonyl (C=O) groups is 1. The van der Waals surface area contributed by atoms with Crippen molar-refractivity contribution in [2.45, 2.75) is 33.2 Å². The van der Waals surface area contributed by atoms with Crippen LogP contribution in [0.1, 0.15) is 27.2 Å². The van der Waals surface area contributed by atoms with Crippen LogP contribution in [0.15, 0.2) is 0 Å². The van der Waals surface area contributed by atoms with Crippen molar-refractivity contribution < 1.29 is 4.79 Å². The molecule has 1 fully saturated rings. The molecule has 0 bridgehead atoms. The summed E-state index contributed by atoms with van der Waals surface area (Å²) in [5.74, 6) is 1.08. The Labute approximate surface area is 68.4 Å². The second kappa shape index (κ2) is 3.35. The van der Waals surface area contributed by atoms with E-state index in [1.165, 1.54) is 0 Å². The molecule has 0 aromatic carbocycles. The van der Waals surface area contributed by atoms with Crippen LogP contribution in [0.25, 0.3) is 0 Å². The van der Waals surface area contributed by atoms with Crippen molar-refractivity contribution in [3.05, 3.63) is 0 Å². The minimum Gasteiger partial charge on any atom is -0.307 e. The molecule has 1 aliphatic heterocycles. The van der Waals surface area contributed by atoms with Gasteiger partial charge in [-0.3, -0.25) is 4.79 Å². The summed E-state index contributed by atoms with van der Waals surface area (Å²) in [5, 5.41) is 3.24. The molecule has 0 spiro atoms. The molecule has 0 unspecified atom stereocenters. The molecule has 0 saturated carbocycles. The van der Waals surface area contributed by atoms with Gasteiger partial charge in [0.15, 0.2) is 5.78 Å². The average Bonchev–Trinajstić information content (AvgIpc) is 2.33. The summed E-state index contributed by atoms with van der Waals surface area (Å²) < 4.78 is 0. The van der Waals surface area contributed by atoms with Gasteiger partial charge in [0, 0.05) is 5.92 Å². The van der Waals surface area contributed by atoms with E-state index in [0.29, 0.717) is 11.7 Å². The van der Waals surface area contributed by atoms with Gasteiger partial charge >= 0.3 is 0 Å². The highest BCUT2D eigenvalue weighted by Gasteiger charge is 2.30. The van der Waals surface area contributed by atoms with Crippen molar-refractivity contribution in [3.8, 4) is 0 Å². The Kier molecular flexibility index (Phi) is 2.66. The normalized spacial score (nSPS) is 31.3. The molecular weight excluding hydrogens is 138 g/mol. The number of hydrogen-bond donors (Lipinski definition) is 1. The molecular formula is C9H17NO. The standard InChI is InChI=1S/C9H17NO/c1-6(2)9(11)8-7(3)4-5-10-8/h6-8,10H,4-5H2,1-3H3/t7-,8+/m1/s1. The zero-order valence-corrected chi connectivity index (χ0v) is 7.55. The number of hydrogen-bond acceptors (Lipinski definition) is 2. The fourth-order valence-electron chi connectivity index (χ4n) is 1.57. The highest BCUT2D eigenvalue weighted by molar-refractivity contribution is 5.86. The van der Waals surface area contributed by atoms with Crippen molar-refractivity contribution in [1.29, 1.82) is 0 Å². The van der Waals surface area contributed by atoms with Crippen molar-refractivity contribution >= 4 is 5.78 Å². The molecule has 0 aliphatic carbocycles. The topological polar surface area (TPSA) is 29.1 Å². The molecule has 2 heteroatoms. The third kappa shape index (κ3) is 1.80. The second-order valence-electron chi connectivity index (χ2n) is 3.75. The van der Waals surface area contributed by atoms with E-state index in [0.717, 1.165) is 13.0 Å². The summed E-state index contributed by atoms with van der Waals surface area (Å²) in [6.07, 6.45) is 1.14. The highest BCUT2D eigenvalue weighted by Crippen LogP contribution is 2.17. The average molecular weight is 155 g/mol. The lowest BCUT2D eigenvalue weighted by molar-refractivity contribution is -0.124. The summed E-state index contributed by atoms with van der Waals surface area (Å²) in [4.78, 5) is 11.5. The zero-order chi connectivity index (χ0) is 8.43. The lowest BCUT2D eigenvalue weighted by atomic mass is 9.93. The molecule has 2 nitrogen and oxygen atoms in total. The quantitative estimate of drug-likeness (QED) is 0.649. The molecule has 1 N–H and O–H groups in total. The van der Waals surface area contributed by atoms with E-state index in [4.69, 9.17) is 0 Å². The molecule has 1 saturated heterocycles. The van der Waals surface area contributed by atoms with E-state index in [-0.39, 0.29) is 12.0 Å². The van der Waals surface area contributed by atoms with Crippen LogP contribution in [0.5, 0.6) is 0 Å². The number of Topliss-reactive ketones (excluding diaryl/α,β-unsaturated/α-hetero) is 1. The maximum Gasteiger partial charge on any atom is 0.152 e. The monoisotopic (exact) mass is 155 g/mol. The summed E-state index contributed by atoms with van der Waals surface area (Å²) in [6.45, 7) is 7.08. The molecule has 2 atom stereocenters. The van der Waals surface area contributed by atoms with E-state index in [2.05, 4.69) is 12.2 Å². The first kappa shape index (κ1) is 8.72. The summed E-state index contributed by atoms with van der Waals surface area (Å²) >= 11 is 0. The fraction of sp³-hybridized carbons (Fsp3) is 0.889. The Bertz CT molecular complexity index is 154. The lowest BCUT2D eigenvalue weighted by Crippen LogP contribution is -2.37. The lowest BCUT2D eigenvalue weighted by Gasteiger charge is -2.16. The smallest absolute Gasteiger partial charge is 0.152 e. The Hall–Kier alpha value is -0.370. The Morgan fingerprint density at radius 1 is 1.55 bits per heavy atom. The van der Waals surface area contributed by atoms with Gasteiger partial charge in [0.1, 0.15) is 0 Å². The number of ketones is 1. The number of nitrogens with one attached hydrogen (secondary N) is 1. The first-order chi connectivity index (χ1) is 5.13. The Balaban J connectivity index is 2.53. The third-order valence-electron chi connectivity index (χ3n) is 2.41. The SMILES string of the molecule is CC(C)C(=O)[C@H]1NCC[C@H]1C. The van der Waals surface area contributed by atoms with Crippen LogP contribution in [0, 0.1) is 11.8 Å². The Morgan fingerprint density at radius 2 is 2.18 bits per heavy atom. The Morgan fingerprint density at radius 3 is 2.55 bits per heavy atom. The van der Waals surface area contributed by atoms with Gasteiger partial charge < -0.3 is 5.32 Å². The van der Waals surface area contributed by atoms with Crippen molar-refractivity contribution in [1.82, 2.24) is 5.32 Å². The van der Waals surface area contributed by atoms with Gasteiger partial charge in [0.2, 0.25) is 0 Å². The third-order valence-corrected chi connectivity index (χ3v) is 2.41. The summed E-state index contributed by atoms with van der Waals surface area (Å²) in [7, 11) is 0. The van der Waals surface area contributed by atoms with Crippen LogP contribution in [0.2, 0.25) is 0 Å². The van der Waals surface area contributed by atoms with Crippen LogP contribution in [0.3, 0.4) is 0 Å². The van der Waals surface area contributed by atoms with Crippen molar-refractivity contribution in [3.63, 3.8) is 0 Å². The van der Waals surface area contributed by atoms with Gasteiger partial charge in [-0.2, -0.15) is 0 Å². The minimum atomic E-state index is 0.134. The molecule has 64 valence electrons. The van der Waals surface area contributed by atoms with E-state index in [1.807, 2.05) is 13.8 Å². The minimum absolute atomic E-state index is 0.134. The predicted octanol–water partition coefficient (Wildman–Crippen LogP) is 1.21. The van der Waals surface area contributed by atoms with Crippen LogP contribution in [-0.4, -0.2) is 18.4 Å². The summed E-state index contributed by atoms with van der Waals surface area (Å²) in [6, 6.07) is 0.134. The molecule has 0 aromatic heterocycles. The maximum atomic E-state index is 11.5. The fourth-order valence-corrected chi connectivity index (χ4v) is 1.57. The van der Waals surface area contributed by atoms with Crippen LogP contribution in [0.4, 0.5) is 0 Å². The van der Waals surface area contributed by atoms with E-state index < -0.39 is 0 Å². The number of carbonyl (C=O) groups excluding carboxylic acids is 1. The van der Waals surface area contributed by atoms with Crippen molar-refractivity contribution in [2.75, 3.05) is 6.54 Å². The number of rotatable bonds is 2. The van der Waals surface area contributed by atoms with E-state index in [9.17, 15) is 4.79 Å². The molecule has 11 heavy (non-hydrogen) atoms. The van der Waals surface area contributed by atoms with E-state index >= 15 is 0 Å². The van der Waals surface area contributed by atoms with Gasteiger partial charge in [-0.15, -0.1) is 0 Å². The van der Waals surface area contributed by atoms with E-state index in [1.54, 1.807) is 0 Å². The maximum absolute atomic E-state index is 11.5. The molecule has 0 radical (unpaired) electrons. The van der Waals surface area contributed by atoms with Gasteiger partial charge in [-0.05, 0) is 18.9 Å². The molecule has 1 rings (SSSR count). The van der Waals surface area contributed by atoms with Crippen LogP contribution in [-0.2, 0) is 4.79 Å². The predicted molar refractivity (Wildman–Crippen MR) is 45.4 cm³/mol. The van der Waals surface area contributed by atoms with Gasteiger partial charge in [0.25, 0.3) is 0 Å². The molecule has 1 heterocycles. The second-order valence-corrected chi connectivity index (χ2v) is 3.75. The molecule has 0 aromatic rings.